The van der Waals surface area contributed by atoms with Crippen LogP contribution in [-0.4, -0.2) is 25.9 Å². The van der Waals surface area contributed by atoms with E-state index in [-0.39, 0.29) is 12.2 Å². The number of benzene rings is 2. The second-order valence-corrected chi connectivity index (χ2v) is 9.86. The van der Waals surface area contributed by atoms with E-state index in [9.17, 15) is 0 Å². The Kier molecular flexibility index (Phi) is 9.93. The SMILES string of the molecule is COc1ccc(CNCC[C@H](c2ccc(OC(C)C)cc2)C2CCCCC2)cc1OC(C)C. The monoisotopic (exact) mass is 453 g/mol. The zero-order valence-electron chi connectivity index (χ0n) is 21.2. The fourth-order valence-electron chi connectivity index (χ4n) is 4.94. The Morgan fingerprint density at radius 1 is 0.848 bits per heavy atom. The summed E-state index contributed by atoms with van der Waals surface area (Å²) in [6, 6.07) is 15.1. The summed E-state index contributed by atoms with van der Waals surface area (Å²) in [5.74, 6) is 3.95. The second-order valence-electron chi connectivity index (χ2n) is 9.86. The molecule has 0 radical (unpaired) electrons. The fourth-order valence-corrected chi connectivity index (χ4v) is 4.94. The lowest BCUT2D eigenvalue weighted by molar-refractivity contribution is 0.230. The van der Waals surface area contributed by atoms with Crippen LogP contribution in [0.1, 0.15) is 83.3 Å². The molecule has 0 spiro atoms. The average Bonchev–Trinajstić information content (AvgIpc) is 2.80. The Bertz CT molecular complexity index is 825. The lowest BCUT2D eigenvalue weighted by Crippen LogP contribution is -2.22. The highest BCUT2D eigenvalue weighted by molar-refractivity contribution is 5.43. The Morgan fingerprint density at radius 3 is 2.18 bits per heavy atom. The third-order valence-corrected chi connectivity index (χ3v) is 6.45. The van der Waals surface area contributed by atoms with Gasteiger partial charge in [-0.3, -0.25) is 0 Å². The predicted octanol–water partition coefficient (Wildman–Crippen LogP) is 7.11. The molecule has 1 fully saturated rings. The van der Waals surface area contributed by atoms with Gasteiger partial charge in [-0.05, 0) is 101 Å². The molecule has 1 N–H and O–H groups in total. The van der Waals surface area contributed by atoms with Gasteiger partial charge in [0.1, 0.15) is 5.75 Å². The minimum Gasteiger partial charge on any atom is -0.493 e. The summed E-state index contributed by atoms with van der Waals surface area (Å²) in [6.45, 7) is 10.1. The summed E-state index contributed by atoms with van der Waals surface area (Å²) in [6.07, 6.45) is 8.31. The molecule has 33 heavy (non-hydrogen) atoms. The van der Waals surface area contributed by atoms with E-state index in [0.717, 1.165) is 42.7 Å². The first-order valence-electron chi connectivity index (χ1n) is 12.8. The van der Waals surface area contributed by atoms with Crippen LogP contribution in [0.4, 0.5) is 0 Å². The van der Waals surface area contributed by atoms with Gasteiger partial charge in [0, 0.05) is 6.54 Å². The summed E-state index contributed by atoms with van der Waals surface area (Å²) in [7, 11) is 1.69. The van der Waals surface area contributed by atoms with Crippen molar-refractivity contribution in [3.8, 4) is 17.2 Å². The van der Waals surface area contributed by atoms with Crippen molar-refractivity contribution in [2.24, 2.45) is 5.92 Å². The summed E-state index contributed by atoms with van der Waals surface area (Å²) < 4.78 is 17.2. The van der Waals surface area contributed by atoms with E-state index >= 15 is 0 Å². The van der Waals surface area contributed by atoms with Crippen molar-refractivity contribution in [1.29, 1.82) is 0 Å². The van der Waals surface area contributed by atoms with Gasteiger partial charge in [0.15, 0.2) is 11.5 Å². The molecule has 2 aromatic rings. The van der Waals surface area contributed by atoms with Gasteiger partial charge in [-0.25, -0.2) is 0 Å². The van der Waals surface area contributed by atoms with E-state index in [0.29, 0.717) is 5.92 Å². The predicted molar refractivity (Wildman–Crippen MR) is 137 cm³/mol. The maximum absolute atomic E-state index is 5.93. The van der Waals surface area contributed by atoms with Gasteiger partial charge in [-0.1, -0.05) is 37.5 Å². The third-order valence-electron chi connectivity index (χ3n) is 6.45. The van der Waals surface area contributed by atoms with Gasteiger partial charge in [-0.2, -0.15) is 0 Å². The zero-order valence-corrected chi connectivity index (χ0v) is 21.2. The lowest BCUT2D eigenvalue weighted by Gasteiger charge is -2.31. The summed E-state index contributed by atoms with van der Waals surface area (Å²) >= 11 is 0. The molecule has 2 aromatic carbocycles. The van der Waals surface area contributed by atoms with E-state index in [4.69, 9.17) is 14.2 Å². The molecule has 1 atom stereocenters. The van der Waals surface area contributed by atoms with Gasteiger partial charge in [0.2, 0.25) is 0 Å². The largest absolute Gasteiger partial charge is 0.493 e. The van der Waals surface area contributed by atoms with Crippen LogP contribution in [0, 0.1) is 5.92 Å². The van der Waals surface area contributed by atoms with E-state index < -0.39 is 0 Å². The number of methoxy groups -OCH3 is 1. The maximum Gasteiger partial charge on any atom is 0.161 e. The van der Waals surface area contributed by atoms with Crippen LogP contribution in [0.25, 0.3) is 0 Å². The second kappa shape index (κ2) is 12.9. The van der Waals surface area contributed by atoms with E-state index in [1.165, 1.54) is 43.2 Å². The van der Waals surface area contributed by atoms with Crippen molar-refractivity contribution in [2.75, 3.05) is 13.7 Å². The molecule has 4 nitrogen and oxygen atoms in total. The van der Waals surface area contributed by atoms with Crippen LogP contribution in [0.3, 0.4) is 0 Å². The fraction of sp³-hybridized carbons (Fsp3) is 0.586. The molecule has 0 bridgehead atoms. The van der Waals surface area contributed by atoms with Gasteiger partial charge in [0.05, 0.1) is 19.3 Å². The molecule has 3 rings (SSSR count). The number of hydrogen-bond donors (Lipinski definition) is 1. The maximum atomic E-state index is 5.93. The molecule has 0 aromatic heterocycles. The van der Waals surface area contributed by atoms with Crippen LogP contribution in [0.15, 0.2) is 42.5 Å². The van der Waals surface area contributed by atoms with Gasteiger partial charge in [0.25, 0.3) is 0 Å². The molecule has 1 aliphatic carbocycles. The van der Waals surface area contributed by atoms with Crippen molar-refractivity contribution in [3.63, 3.8) is 0 Å². The minimum absolute atomic E-state index is 0.121. The highest BCUT2D eigenvalue weighted by atomic mass is 16.5. The lowest BCUT2D eigenvalue weighted by atomic mass is 9.75. The zero-order chi connectivity index (χ0) is 23.6. The highest BCUT2D eigenvalue weighted by Crippen LogP contribution is 2.38. The van der Waals surface area contributed by atoms with Crippen LogP contribution in [0.5, 0.6) is 17.2 Å². The first-order valence-corrected chi connectivity index (χ1v) is 12.8. The Morgan fingerprint density at radius 2 is 1.55 bits per heavy atom. The Labute approximate surface area is 201 Å². The molecule has 0 heterocycles. The normalized spacial score (nSPS) is 15.6. The van der Waals surface area contributed by atoms with Crippen molar-refractivity contribution in [2.45, 2.75) is 90.9 Å². The first-order chi connectivity index (χ1) is 16.0. The Hall–Kier alpha value is -2.20. The molecular formula is C29H43NO3. The molecular weight excluding hydrogens is 410 g/mol. The summed E-state index contributed by atoms with van der Waals surface area (Å²) in [5, 5.41) is 3.68. The van der Waals surface area contributed by atoms with Gasteiger partial charge >= 0.3 is 0 Å². The Balaban J connectivity index is 1.60. The number of hydrogen-bond acceptors (Lipinski definition) is 4. The average molecular weight is 454 g/mol. The van der Waals surface area contributed by atoms with E-state index in [1.54, 1.807) is 7.11 Å². The molecule has 1 aliphatic rings. The summed E-state index contributed by atoms with van der Waals surface area (Å²) in [4.78, 5) is 0. The quantitative estimate of drug-likeness (QED) is 0.348. The van der Waals surface area contributed by atoms with Gasteiger partial charge < -0.3 is 19.5 Å². The van der Waals surface area contributed by atoms with Crippen LogP contribution >= 0.6 is 0 Å². The smallest absolute Gasteiger partial charge is 0.161 e. The number of rotatable bonds is 12. The molecule has 0 amide bonds. The number of nitrogens with one attached hydrogen (secondary N) is 1. The molecule has 4 heteroatoms. The van der Waals surface area contributed by atoms with Crippen LogP contribution < -0.4 is 19.5 Å². The molecule has 182 valence electrons. The standard InChI is InChI=1S/C29H43NO3/c1-21(2)32-26-14-12-25(13-15-26)27(24-9-7-6-8-10-24)17-18-30-20-23-11-16-28(31-5)29(19-23)33-22(3)4/h11-16,19,21-22,24,27,30H,6-10,17-18,20H2,1-5H3/t27-/m0/s1. The van der Waals surface area contributed by atoms with Crippen molar-refractivity contribution in [1.82, 2.24) is 5.32 Å². The van der Waals surface area contributed by atoms with Crippen molar-refractivity contribution in [3.05, 3.63) is 53.6 Å². The highest BCUT2D eigenvalue weighted by Gasteiger charge is 2.25. The number of ether oxygens (including phenoxy) is 3. The van der Waals surface area contributed by atoms with Crippen LogP contribution in [-0.2, 0) is 6.54 Å². The summed E-state index contributed by atoms with van der Waals surface area (Å²) in [5.41, 5.74) is 2.67. The van der Waals surface area contributed by atoms with Crippen LogP contribution in [0.2, 0.25) is 0 Å². The van der Waals surface area contributed by atoms with Crippen molar-refractivity contribution < 1.29 is 14.2 Å². The van der Waals surface area contributed by atoms with E-state index in [1.807, 2.05) is 19.9 Å². The topological polar surface area (TPSA) is 39.7 Å². The minimum atomic E-state index is 0.121. The molecule has 0 aliphatic heterocycles. The van der Waals surface area contributed by atoms with E-state index in [2.05, 4.69) is 55.6 Å². The van der Waals surface area contributed by atoms with Gasteiger partial charge in [-0.15, -0.1) is 0 Å². The molecule has 1 saturated carbocycles. The molecule has 0 unspecified atom stereocenters. The van der Waals surface area contributed by atoms with Crippen molar-refractivity contribution >= 4 is 0 Å². The first kappa shape index (κ1) is 25.4. The molecule has 0 saturated heterocycles. The third kappa shape index (κ3) is 7.96.